The monoisotopic (exact) mass is 184 g/mol. The molecular weight excluding hydrogens is 174 g/mol. The zero-order chi connectivity index (χ0) is 9.19. The highest BCUT2D eigenvalue weighted by Crippen LogP contribution is 2.09. The molecule has 0 atom stereocenters. The van der Waals surface area contributed by atoms with Gasteiger partial charge in [-0.3, -0.25) is 5.73 Å². The highest BCUT2D eigenvalue weighted by Gasteiger charge is 2.04. The van der Waals surface area contributed by atoms with Gasteiger partial charge in [0.25, 0.3) is 0 Å². The molecule has 0 aromatic heterocycles. The first-order chi connectivity index (χ1) is 5.54. The maximum atomic E-state index is 11.0. The largest absolute Gasteiger partial charge is 0.253 e. The summed E-state index contributed by atoms with van der Waals surface area (Å²) in [6, 6.07) is 6.37. The minimum atomic E-state index is -3.09. The molecule has 1 rings (SSSR count). The van der Waals surface area contributed by atoms with Gasteiger partial charge in [0.2, 0.25) is 0 Å². The van der Waals surface area contributed by atoms with Crippen LogP contribution in [0.25, 0.3) is 0 Å². The molecule has 0 spiro atoms. The summed E-state index contributed by atoms with van der Waals surface area (Å²) in [5.74, 6) is 0. The van der Waals surface area contributed by atoms with Crippen molar-refractivity contribution in [3.63, 3.8) is 0 Å². The molecule has 0 fully saturated rings. The number of sulfone groups is 1. The summed E-state index contributed by atoms with van der Waals surface area (Å²) in [4.78, 5) is 0.305. The topological polar surface area (TPSA) is 57.9 Å². The van der Waals surface area contributed by atoms with E-state index in [0.717, 1.165) is 5.56 Å². The molecule has 4 heteroatoms. The lowest BCUT2D eigenvalue weighted by Crippen LogP contribution is -1.96. The van der Waals surface area contributed by atoms with Crippen molar-refractivity contribution in [1.82, 2.24) is 5.73 Å². The van der Waals surface area contributed by atoms with E-state index in [-0.39, 0.29) is 6.54 Å². The number of hydrogen-bond donors (Lipinski definition) is 0. The molecule has 12 heavy (non-hydrogen) atoms. The Labute approximate surface area is 72.1 Å². The zero-order valence-corrected chi connectivity index (χ0v) is 7.56. The molecular formula is C8H10NO2S. The fourth-order valence-corrected chi connectivity index (χ4v) is 1.48. The number of rotatable bonds is 2. The standard InChI is InChI=1S/C8H10NO2S/c1-12(10,11)8-4-2-7(6-9)3-5-8/h2-5,9H,6H2,1H3. The summed E-state index contributed by atoms with van der Waals surface area (Å²) < 4.78 is 22.0. The quantitative estimate of drug-likeness (QED) is 0.684. The third kappa shape index (κ3) is 2.06. The highest BCUT2D eigenvalue weighted by atomic mass is 32.2. The third-order valence-electron chi connectivity index (χ3n) is 1.56. The van der Waals surface area contributed by atoms with Crippen LogP contribution in [-0.4, -0.2) is 14.7 Å². The average Bonchev–Trinajstić information content (AvgIpc) is 2.03. The summed E-state index contributed by atoms with van der Waals surface area (Å²) in [6.45, 7) is 0.185. The zero-order valence-electron chi connectivity index (χ0n) is 6.74. The summed E-state index contributed by atoms with van der Waals surface area (Å²) in [5.41, 5.74) is 7.84. The molecule has 0 unspecified atom stereocenters. The van der Waals surface area contributed by atoms with Gasteiger partial charge in [0.15, 0.2) is 9.84 Å². The van der Waals surface area contributed by atoms with E-state index in [1.807, 2.05) is 0 Å². The molecule has 3 nitrogen and oxygen atoms in total. The van der Waals surface area contributed by atoms with Crippen molar-refractivity contribution in [3.05, 3.63) is 29.8 Å². The summed E-state index contributed by atoms with van der Waals surface area (Å²) in [7, 11) is -3.09. The molecule has 1 aromatic carbocycles. The molecule has 0 aliphatic heterocycles. The Morgan fingerprint density at radius 2 is 1.75 bits per heavy atom. The van der Waals surface area contributed by atoms with E-state index in [0.29, 0.717) is 4.90 Å². The summed E-state index contributed by atoms with van der Waals surface area (Å²) in [5, 5.41) is 0. The molecule has 1 aromatic rings. The average molecular weight is 184 g/mol. The van der Waals surface area contributed by atoms with Crippen LogP contribution >= 0.6 is 0 Å². The number of hydrogen-bond acceptors (Lipinski definition) is 2. The number of benzene rings is 1. The lowest BCUT2D eigenvalue weighted by Gasteiger charge is -1.98. The van der Waals surface area contributed by atoms with Gasteiger partial charge in [-0.15, -0.1) is 0 Å². The second kappa shape index (κ2) is 3.25. The third-order valence-corrected chi connectivity index (χ3v) is 2.68. The van der Waals surface area contributed by atoms with Gasteiger partial charge in [-0.05, 0) is 17.7 Å². The maximum Gasteiger partial charge on any atom is 0.175 e. The first-order valence-electron chi connectivity index (χ1n) is 3.47. The van der Waals surface area contributed by atoms with Gasteiger partial charge < -0.3 is 0 Å². The fraction of sp³-hybridized carbons (Fsp3) is 0.250. The fourth-order valence-electron chi connectivity index (χ4n) is 0.854. The molecule has 0 saturated heterocycles. The van der Waals surface area contributed by atoms with Gasteiger partial charge in [0, 0.05) is 12.8 Å². The van der Waals surface area contributed by atoms with E-state index in [1.165, 1.54) is 18.4 Å². The van der Waals surface area contributed by atoms with Gasteiger partial charge >= 0.3 is 0 Å². The van der Waals surface area contributed by atoms with Gasteiger partial charge in [0.1, 0.15) is 0 Å². The normalized spacial score (nSPS) is 11.5. The molecule has 0 aliphatic rings. The van der Waals surface area contributed by atoms with Gasteiger partial charge in [-0.1, -0.05) is 12.1 Å². The molecule has 0 amide bonds. The van der Waals surface area contributed by atoms with Crippen molar-refractivity contribution in [3.8, 4) is 0 Å². The van der Waals surface area contributed by atoms with Crippen molar-refractivity contribution < 1.29 is 8.42 Å². The van der Waals surface area contributed by atoms with Crippen LogP contribution in [-0.2, 0) is 16.4 Å². The molecule has 1 N–H and O–H groups in total. The number of nitrogens with one attached hydrogen (secondary N) is 1. The smallest absolute Gasteiger partial charge is 0.175 e. The molecule has 0 bridgehead atoms. The minimum Gasteiger partial charge on any atom is -0.253 e. The Morgan fingerprint density at radius 3 is 2.08 bits per heavy atom. The Balaban J connectivity index is 3.09. The van der Waals surface area contributed by atoms with E-state index >= 15 is 0 Å². The van der Waals surface area contributed by atoms with Crippen LogP contribution in [0.5, 0.6) is 0 Å². The van der Waals surface area contributed by atoms with Crippen molar-refractivity contribution in [1.29, 1.82) is 0 Å². The van der Waals surface area contributed by atoms with Crippen molar-refractivity contribution in [2.75, 3.05) is 6.26 Å². The van der Waals surface area contributed by atoms with Gasteiger partial charge in [-0.2, -0.15) is 0 Å². The van der Waals surface area contributed by atoms with Crippen LogP contribution in [0.2, 0.25) is 0 Å². The van der Waals surface area contributed by atoms with Crippen molar-refractivity contribution in [2.45, 2.75) is 11.4 Å². The molecule has 0 heterocycles. The first kappa shape index (κ1) is 9.22. The second-order valence-corrected chi connectivity index (χ2v) is 4.61. The summed E-state index contributed by atoms with van der Waals surface area (Å²) >= 11 is 0. The van der Waals surface area contributed by atoms with E-state index in [9.17, 15) is 8.42 Å². The van der Waals surface area contributed by atoms with Crippen molar-refractivity contribution >= 4 is 9.84 Å². The van der Waals surface area contributed by atoms with E-state index < -0.39 is 9.84 Å². The van der Waals surface area contributed by atoms with E-state index in [2.05, 4.69) is 0 Å². The minimum absolute atomic E-state index is 0.185. The van der Waals surface area contributed by atoms with Crippen LogP contribution in [0.3, 0.4) is 0 Å². The molecule has 0 aliphatic carbocycles. The SMILES string of the molecule is CS(=O)(=O)c1ccc(C[NH])cc1. The lowest BCUT2D eigenvalue weighted by atomic mass is 10.2. The van der Waals surface area contributed by atoms with Crippen LogP contribution in [0.4, 0.5) is 0 Å². The second-order valence-electron chi connectivity index (χ2n) is 2.59. The molecule has 1 radical (unpaired) electrons. The first-order valence-corrected chi connectivity index (χ1v) is 5.37. The Kier molecular flexibility index (Phi) is 2.49. The Morgan fingerprint density at radius 1 is 1.25 bits per heavy atom. The van der Waals surface area contributed by atoms with Crippen LogP contribution in [0.1, 0.15) is 5.56 Å². The van der Waals surface area contributed by atoms with E-state index in [1.54, 1.807) is 12.1 Å². The Bertz CT molecular complexity index is 353. The predicted octanol–water partition coefficient (Wildman–Crippen LogP) is 0.873. The van der Waals surface area contributed by atoms with Crippen LogP contribution in [0, 0.1) is 0 Å². The lowest BCUT2D eigenvalue weighted by molar-refractivity contribution is 0.602. The Hall–Kier alpha value is -0.870. The van der Waals surface area contributed by atoms with Crippen LogP contribution in [0.15, 0.2) is 29.2 Å². The highest BCUT2D eigenvalue weighted by molar-refractivity contribution is 7.90. The molecule has 0 saturated carbocycles. The van der Waals surface area contributed by atoms with Gasteiger partial charge in [0.05, 0.1) is 4.90 Å². The predicted molar refractivity (Wildman–Crippen MR) is 46.4 cm³/mol. The van der Waals surface area contributed by atoms with Crippen LogP contribution < -0.4 is 5.73 Å². The maximum absolute atomic E-state index is 11.0. The van der Waals surface area contributed by atoms with E-state index in [4.69, 9.17) is 5.73 Å². The van der Waals surface area contributed by atoms with Gasteiger partial charge in [-0.25, -0.2) is 8.42 Å². The van der Waals surface area contributed by atoms with Crippen molar-refractivity contribution in [2.24, 2.45) is 0 Å². The summed E-state index contributed by atoms with van der Waals surface area (Å²) in [6.07, 6.45) is 1.17. The molecule has 65 valence electrons.